The van der Waals surface area contributed by atoms with E-state index in [9.17, 15) is 0 Å². The molecule has 2 aliphatic rings. The van der Waals surface area contributed by atoms with Crippen LogP contribution in [0.15, 0.2) is 18.2 Å². The maximum Gasteiger partial charge on any atom is 0.120 e. The molecule has 4 atom stereocenters. The van der Waals surface area contributed by atoms with Crippen LogP contribution in [0.1, 0.15) is 50.6 Å². The van der Waals surface area contributed by atoms with Crippen molar-refractivity contribution in [2.45, 2.75) is 45.1 Å². The molecule has 2 aliphatic carbocycles. The summed E-state index contributed by atoms with van der Waals surface area (Å²) in [5, 5.41) is 4.60. The van der Waals surface area contributed by atoms with E-state index in [1.807, 2.05) is 12.1 Å². The van der Waals surface area contributed by atoms with Gasteiger partial charge in [-0.15, -0.1) is 0 Å². The Morgan fingerprint density at radius 2 is 2.19 bits per heavy atom. The minimum Gasteiger partial charge on any atom is -0.497 e. The summed E-state index contributed by atoms with van der Waals surface area (Å²) in [5.74, 6) is 3.44. The zero-order valence-electron chi connectivity index (χ0n) is 13.1. The van der Waals surface area contributed by atoms with Crippen LogP contribution in [0, 0.1) is 17.8 Å². The molecule has 3 rings (SSSR count). The number of halogens is 1. The van der Waals surface area contributed by atoms with Crippen LogP contribution in [0.2, 0.25) is 5.02 Å². The van der Waals surface area contributed by atoms with Gasteiger partial charge < -0.3 is 10.1 Å². The van der Waals surface area contributed by atoms with Gasteiger partial charge in [0.1, 0.15) is 5.75 Å². The summed E-state index contributed by atoms with van der Waals surface area (Å²) in [5.41, 5.74) is 1.25. The Kier molecular flexibility index (Phi) is 4.75. The molecule has 0 saturated heterocycles. The van der Waals surface area contributed by atoms with Crippen molar-refractivity contribution >= 4 is 11.6 Å². The molecule has 1 aromatic carbocycles. The predicted octanol–water partition coefficient (Wildman–Crippen LogP) is 4.83. The molecule has 116 valence electrons. The molecule has 0 amide bonds. The van der Waals surface area contributed by atoms with Crippen molar-refractivity contribution in [1.82, 2.24) is 5.32 Å². The van der Waals surface area contributed by atoms with E-state index in [4.69, 9.17) is 16.3 Å². The molecule has 2 nitrogen and oxygen atoms in total. The highest BCUT2D eigenvalue weighted by atomic mass is 35.5. The Labute approximate surface area is 133 Å². The first-order valence-corrected chi connectivity index (χ1v) is 8.67. The van der Waals surface area contributed by atoms with Crippen LogP contribution in [0.3, 0.4) is 0 Å². The summed E-state index contributed by atoms with van der Waals surface area (Å²) in [4.78, 5) is 0. The van der Waals surface area contributed by atoms with Crippen LogP contribution >= 0.6 is 11.6 Å². The molecule has 4 unspecified atom stereocenters. The summed E-state index contributed by atoms with van der Waals surface area (Å²) in [6, 6.07) is 6.54. The summed E-state index contributed by atoms with van der Waals surface area (Å²) in [6.07, 6.45) is 6.81. The second-order valence-electron chi connectivity index (χ2n) is 6.66. The van der Waals surface area contributed by atoms with Gasteiger partial charge >= 0.3 is 0 Å². The van der Waals surface area contributed by atoms with E-state index in [2.05, 4.69) is 18.3 Å². The third-order valence-electron chi connectivity index (χ3n) is 5.38. The molecule has 2 fully saturated rings. The Bertz CT molecular complexity index is 490. The van der Waals surface area contributed by atoms with E-state index in [1.165, 1.54) is 31.2 Å². The van der Waals surface area contributed by atoms with E-state index in [1.54, 1.807) is 7.11 Å². The molecule has 0 radical (unpaired) electrons. The summed E-state index contributed by atoms with van der Waals surface area (Å²) < 4.78 is 5.28. The second-order valence-corrected chi connectivity index (χ2v) is 7.07. The van der Waals surface area contributed by atoms with E-state index < -0.39 is 0 Å². The lowest BCUT2D eigenvalue weighted by Crippen LogP contribution is -2.32. The van der Waals surface area contributed by atoms with Gasteiger partial charge in [-0.05, 0) is 67.7 Å². The lowest BCUT2D eigenvalue weighted by atomic mass is 9.80. The standard InChI is InChI=1S/C18H26ClNO/c1-3-8-20-18(16-10-12-4-5-13(16)9-12)15-7-6-14(21-2)11-17(15)19/h6-7,11-13,16,18,20H,3-5,8-10H2,1-2H3. The molecule has 21 heavy (non-hydrogen) atoms. The number of nitrogens with one attached hydrogen (secondary N) is 1. The van der Waals surface area contributed by atoms with Gasteiger partial charge in [-0.1, -0.05) is 31.0 Å². The molecular formula is C18H26ClNO. The van der Waals surface area contributed by atoms with Gasteiger partial charge in [0.05, 0.1) is 7.11 Å². The summed E-state index contributed by atoms with van der Waals surface area (Å²) in [7, 11) is 1.69. The Morgan fingerprint density at radius 1 is 1.33 bits per heavy atom. The monoisotopic (exact) mass is 307 g/mol. The molecule has 0 heterocycles. The highest BCUT2D eigenvalue weighted by Crippen LogP contribution is 2.53. The third kappa shape index (κ3) is 3.07. The first-order valence-electron chi connectivity index (χ1n) is 8.29. The Morgan fingerprint density at radius 3 is 2.76 bits per heavy atom. The van der Waals surface area contributed by atoms with Crippen LogP contribution < -0.4 is 10.1 Å². The average molecular weight is 308 g/mol. The number of rotatable bonds is 6. The van der Waals surface area contributed by atoms with Crippen molar-refractivity contribution in [3.05, 3.63) is 28.8 Å². The first kappa shape index (κ1) is 15.2. The van der Waals surface area contributed by atoms with Crippen molar-refractivity contribution in [1.29, 1.82) is 0 Å². The normalized spacial score (nSPS) is 28.8. The SMILES string of the molecule is CCCNC(c1ccc(OC)cc1Cl)C1CC2CCC1C2. The lowest BCUT2D eigenvalue weighted by Gasteiger charge is -2.32. The van der Waals surface area contributed by atoms with Crippen molar-refractivity contribution in [3.63, 3.8) is 0 Å². The molecule has 1 aromatic rings. The van der Waals surface area contributed by atoms with Crippen LogP contribution in [0.25, 0.3) is 0 Å². The number of methoxy groups -OCH3 is 1. The van der Waals surface area contributed by atoms with Crippen LogP contribution in [0.5, 0.6) is 5.75 Å². The minimum absolute atomic E-state index is 0.402. The smallest absolute Gasteiger partial charge is 0.120 e. The predicted molar refractivity (Wildman–Crippen MR) is 88.0 cm³/mol. The van der Waals surface area contributed by atoms with E-state index in [-0.39, 0.29) is 0 Å². The highest BCUT2D eigenvalue weighted by Gasteiger charge is 2.43. The van der Waals surface area contributed by atoms with Gasteiger partial charge in [0.15, 0.2) is 0 Å². The fourth-order valence-electron chi connectivity index (χ4n) is 4.38. The lowest BCUT2D eigenvalue weighted by molar-refractivity contribution is 0.251. The summed E-state index contributed by atoms with van der Waals surface area (Å²) >= 11 is 6.54. The number of hydrogen-bond donors (Lipinski definition) is 1. The van der Waals surface area contributed by atoms with Crippen LogP contribution in [-0.2, 0) is 0 Å². The quantitative estimate of drug-likeness (QED) is 0.813. The Balaban J connectivity index is 1.85. The summed E-state index contributed by atoms with van der Waals surface area (Å²) in [6.45, 7) is 3.28. The molecule has 3 heteroatoms. The molecule has 0 spiro atoms. The number of hydrogen-bond acceptors (Lipinski definition) is 2. The molecule has 2 bridgehead atoms. The Hall–Kier alpha value is -0.730. The molecule has 2 saturated carbocycles. The zero-order chi connectivity index (χ0) is 14.8. The van der Waals surface area contributed by atoms with Gasteiger partial charge in [-0.3, -0.25) is 0 Å². The van der Waals surface area contributed by atoms with E-state index in [0.717, 1.165) is 41.5 Å². The largest absolute Gasteiger partial charge is 0.497 e. The van der Waals surface area contributed by atoms with E-state index in [0.29, 0.717) is 6.04 Å². The van der Waals surface area contributed by atoms with Crippen molar-refractivity contribution in [2.75, 3.05) is 13.7 Å². The van der Waals surface area contributed by atoms with Gasteiger partial charge in [-0.2, -0.15) is 0 Å². The highest BCUT2D eigenvalue weighted by molar-refractivity contribution is 6.31. The molecule has 0 aliphatic heterocycles. The number of benzene rings is 1. The van der Waals surface area contributed by atoms with Crippen molar-refractivity contribution < 1.29 is 4.74 Å². The second kappa shape index (κ2) is 6.58. The van der Waals surface area contributed by atoms with Crippen molar-refractivity contribution in [2.24, 2.45) is 17.8 Å². The topological polar surface area (TPSA) is 21.3 Å². The fraction of sp³-hybridized carbons (Fsp3) is 0.667. The molecule has 1 N–H and O–H groups in total. The number of ether oxygens (including phenoxy) is 1. The minimum atomic E-state index is 0.402. The van der Waals surface area contributed by atoms with Gasteiger partial charge in [0, 0.05) is 11.1 Å². The van der Waals surface area contributed by atoms with Gasteiger partial charge in [0.25, 0.3) is 0 Å². The number of fused-ring (bicyclic) bond motifs is 2. The van der Waals surface area contributed by atoms with E-state index >= 15 is 0 Å². The van der Waals surface area contributed by atoms with Crippen LogP contribution in [-0.4, -0.2) is 13.7 Å². The van der Waals surface area contributed by atoms with Crippen molar-refractivity contribution in [3.8, 4) is 5.75 Å². The average Bonchev–Trinajstić information content (AvgIpc) is 3.11. The van der Waals surface area contributed by atoms with Gasteiger partial charge in [-0.25, -0.2) is 0 Å². The zero-order valence-corrected chi connectivity index (χ0v) is 13.8. The van der Waals surface area contributed by atoms with Gasteiger partial charge in [0.2, 0.25) is 0 Å². The maximum atomic E-state index is 6.54. The van der Waals surface area contributed by atoms with Crippen LogP contribution in [0.4, 0.5) is 0 Å². The first-order chi connectivity index (χ1) is 10.2. The fourth-order valence-corrected chi connectivity index (χ4v) is 4.67. The molecule has 0 aromatic heterocycles. The molecular weight excluding hydrogens is 282 g/mol. The maximum absolute atomic E-state index is 6.54. The third-order valence-corrected chi connectivity index (χ3v) is 5.71.